The van der Waals surface area contributed by atoms with Crippen LogP contribution in [0.5, 0.6) is 0 Å². The van der Waals surface area contributed by atoms with E-state index in [2.05, 4.69) is 120 Å². The van der Waals surface area contributed by atoms with Crippen LogP contribution in [0, 0.1) is 74.0 Å². The van der Waals surface area contributed by atoms with Crippen LogP contribution < -0.4 is 31.6 Å². The highest BCUT2D eigenvalue weighted by Gasteiger charge is 2.43. The van der Waals surface area contributed by atoms with Gasteiger partial charge in [-0.1, -0.05) is 148 Å². The lowest BCUT2D eigenvalue weighted by Crippen LogP contribution is -2.37. The number of carbonyl (C=O) groups excluding carboxylic acids is 3. The van der Waals surface area contributed by atoms with Crippen molar-refractivity contribution in [1.82, 2.24) is 18.9 Å². The van der Waals surface area contributed by atoms with Crippen LogP contribution in [0.1, 0.15) is 200 Å². The molecule has 4 heterocycles. The molecule has 21 heteroatoms. The summed E-state index contributed by atoms with van der Waals surface area (Å²) in [6.07, 6.45) is 11.5. The fraction of sp³-hybridized carbons (Fsp3) is 0.518. The summed E-state index contributed by atoms with van der Waals surface area (Å²) in [7, 11) is 0. The number of fused-ring (bicyclic) bond motifs is 2. The molecule has 7 unspecified atom stereocenters. The van der Waals surface area contributed by atoms with Crippen molar-refractivity contribution in [1.29, 1.82) is 0 Å². The summed E-state index contributed by atoms with van der Waals surface area (Å²) in [5.74, 6) is 1.41. The number of amides is 2. The number of aliphatic hydroxyl groups is 2. The molecule has 0 radical (unpaired) electrons. The fourth-order valence-corrected chi connectivity index (χ4v) is 16.4. The number of rotatable bonds is 28. The first-order chi connectivity index (χ1) is 50.8. The van der Waals surface area contributed by atoms with E-state index >= 15 is 0 Å². The standard InChI is InChI=1S/C42H54ClN5O5.C31H42ClN3O4.C12H19NO/c1-8-11-12-29(9-2)41(51)46-34-24-35(50)48-39(44-33-18-17-32(23-26(33)5)47(10-3)19-20-49)36(30-13-15-31(43)16-14-30)37(40(48)45-34)42(52)53-38-27(6)21-25(4)22-28(38)7;1-6-8-9-21(7-2)31(37)34-25-16-26(36)35-17-24(22-10-12-23(32)13-11-22)28(30(35)33-25)29(39-38)27-19(4)14-18(3)15-20(27)5;1-4-13(7-8-14)12-6-5-10(2)11(3)9-12/h13-18,23-25,27-29,38,49H,8-12,19-22H2,1-7H3,(H,46,51);10-13,16-21,27,29,33,38H,6-9,14-15H2,1-5H3,(H,34,37);5-6,9,14H,4,7-8H2,1-3H3. The van der Waals surface area contributed by atoms with Crippen LogP contribution in [-0.2, 0) is 24.0 Å². The summed E-state index contributed by atoms with van der Waals surface area (Å²) in [5.41, 5.74) is 9.31. The second-order valence-electron chi connectivity index (χ2n) is 29.9. The fourth-order valence-electron chi connectivity index (χ4n) is 16.2. The van der Waals surface area contributed by atoms with Crippen LogP contribution in [0.15, 0.2) is 118 Å². The lowest BCUT2D eigenvalue weighted by atomic mass is 9.66. The molecule has 0 spiro atoms. The molecule has 10 rings (SSSR count). The summed E-state index contributed by atoms with van der Waals surface area (Å²) in [4.78, 5) is 91.5. The number of H-pyrrole nitrogens is 1. The maximum Gasteiger partial charge on any atom is 0.343 e. The zero-order chi connectivity index (χ0) is 77.2. The monoisotopic (exact) mass is 1490 g/mol. The number of hydrogen-bond donors (Lipinski definition) is 6. The molecule has 2 amide bonds. The van der Waals surface area contributed by atoms with E-state index in [0.29, 0.717) is 93.6 Å². The van der Waals surface area contributed by atoms with Gasteiger partial charge in [-0.3, -0.25) is 28.8 Å². The highest BCUT2D eigenvalue weighted by molar-refractivity contribution is 6.44. The molecule has 3 aliphatic rings. The van der Waals surface area contributed by atoms with Gasteiger partial charge in [0.1, 0.15) is 35.1 Å². The number of likely N-dealkylation sites (N-methyl/N-ethyl adjacent to an activating group) is 2. The highest BCUT2D eigenvalue weighted by Crippen LogP contribution is 2.49. The number of aromatic nitrogens is 4. The number of nitrogens with zero attached hydrogens (tertiary/aromatic N) is 6. The summed E-state index contributed by atoms with van der Waals surface area (Å²) in [6.45, 7) is 34.7. The Morgan fingerprint density at radius 3 is 1.67 bits per heavy atom. The molecule has 2 saturated carbocycles. The Kier molecular flexibility index (Phi) is 31.0. The number of carbonyl (C=O) groups is 3. The first-order valence-electron chi connectivity index (χ1n) is 38.6. The van der Waals surface area contributed by atoms with Crippen molar-refractivity contribution in [2.75, 3.05) is 59.8 Å². The molecule has 1 aliphatic heterocycles. The first-order valence-corrected chi connectivity index (χ1v) is 39.3. The molecule has 7 atom stereocenters. The minimum atomic E-state index is -0.673. The van der Waals surface area contributed by atoms with Crippen molar-refractivity contribution in [2.24, 2.45) is 58.3 Å². The van der Waals surface area contributed by atoms with Crippen LogP contribution >= 0.6 is 23.2 Å². The van der Waals surface area contributed by atoms with Gasteiger partial charge in [0.2, 0.25) is 11.8 Å². The third kappa shape index (κ3) is 20.5. The summed E-state index contributed by atoms with van der Waals surface area (Å²) in [5, 5.41) is 35.9. The Morgan fingerprint density at radius 2 is 1.17 bits per heavy atom. The molecular weight excluding hydrogens is 1380 g/mol. The number of esters is 1. The zero-order valence-electron chi connectivity index (χ0n) is 65.0. The van der Waals surface area contributed by atoms with Crippen LogP contribution in [0.25, 0.3) is 27.9 Å². The van der Waals surface area contributed by atoms with E-state index in [4.69, 9.17) is 47.9 Å². The Labute approximate surface area is 637 Å². The first kappa shape index (κ1) is 83.7. The molecule has 106 heavy (non-hydrogen) atoms. The van der Waals surface area contributed by atoms with Gasteiger partial charge in [0.15, 0.2) is 11.7 Å². The third-order valence-electron chi connectivity index (χ3n) is 21.8. The Balaban J connectivity index is 0.000000233. The number of unbranched alkanes of at least 4 members (excludes halogenated alkanes) is 2. The largest absolute Gasteiger partial charge is 0.458 e. The van der Waals surface area contributed by atoms with E-state index < -0.39 is 17.6 Å². The number of aromatic amines is 1. The smallest absolute Gasteiger partial charge is 0.343 e. The molecule has 3 aromatic heterocycles. The minimum Gasteiger partial charge on any atom is -0.458 e. The van der Waals surface area contributed by atoms with Crippen LogP contribution in [0.3, 0.4) is 0 Å². The normalized spacial score (nSPS) is 20.4. The van der Waals surface area contributed by atoms with E-state index in [-0.39, 0.29) is 89.3 Å². The summed E-state index contributed by atoms with van der Waals surface area (Å²) >= 11 is 12.5. The molecule has 6 N–H and O–H groups in total. The van der Waals surface area contributed by atoms with Gasteiger partial charge in [-0.25, -0.2) is 24.2 Å². The number of anilines is 4. The van der Waals surface area contributed by atoms with Gasteiger partial charge in [0.25, 0.3) is 11.1 Å². The molecule has 2 aliphatic carbocycles. The average Bonchev–Trinajstić information content (AvgIpc) is 1.58. The van der Waals surface area contributed by atoms with Crippen LogP contribution in [0.2, 0.25) is 10.0 Å². The molecule has 4 aromatic carbocycles. The number of benzene rings is 4. The van der Waals surface area contributed by atoms with E-state index in [0.717, 1.165) is 99.6 Å². The van der Waals surface area contributed by atoms with Gasteiger partial charge in [0.05, 0.1) is 18.9 Å². The second-order valence-corrected chi connectivity index (χ2v) is 30.8. The number of allylic oxidation sites excluding steroid dienone is 1. The molecular formula is C85H115Cl2N9O10. The lowest BCUT2D eigenvalue weighted by molar-refractivity contribution is -0.302. The van der Waals surface area contributed by atoms with Crippen molar-refractivity contribution in [2.45, 2.75) is 193 Å². The Bertz CT molecular complexity index is 4280. The quantitative estimate of drug-likeness (QED) is 0.0152. The average molecular weight is 1490 g/mol. The van der Waals surface area contributed by atoms with Gasteiger partial charge in [-0.2, -0.15) is 0 Å². The van der Waals surface area contributed by atoms with Gasteiger partial charge in [-0.15, -0.1) is 0 Å². The van der Waals surface area contributed by atoms with Crippen molar-refractivity contribution in [3.63, 3.8) is 0 Å². The SMILES string of the molecule is CCCCC(CC)C(=O)Nc1cc(=O)n2c(n1)C(C(=O)OC1C(C)CC(C)CC1C)=C(c1ccc(Cl)cc1)C2=Nc1ccc(N(CC)CCO)cc1C.CCCCC(CC)C(=O)Nc1cc(=O)n2cc(-c3ccc(Cl)cc3)c(C(OO)C3C(C)CC(C)CC3C)c2[nH]1.CCN(CCO)c1ccc(C)c(C)c1. The minimum absolute atomic E-state index is 0.0233. The molecule has 0 saturated heterocycles. The number of nitrogens with one attached hydrogen (secondary N) is 3. The number of halogens is 2. The molecule has 19 nitrogen and oxygen atoms in total. The van der Waals surface area contributed by atoms with Crippen molar-refractivity contribution in [3.8, 4) is 11.1 Å². The summed E-state index contributed by atoms with van der Waals surface area (Å²) in [6, 6.07) is 29.3. The molecule has 7 aromatic rings. The maximum atomic E-state index is 14.7. The Morgan fingerprint density at radius 1 is 0.651 bits per heavy atom. The van der Waals surface area contributed by atoms with Crippen LogP contribution in [0.4, 0.5) is 28.7 Å². The second kappa shape index (κ2) is 39.3. The zero-order valence-corrected chi connectivity index (χ0v) is 66.5. The van der Waals surface area contributed by atoms with Crippen LogP contribution in [-0.4, -0.2) is 104 Å². The number of ether oxygens (including phenoxy) is 1. The highest BCUT2D eigenvalue weighted by atomic mass is 35.5. The van der Waals surface area contributed by atoms with Gasteiger partial charge in [0, 0.05) is 94.5 Å². The van der Waals surface area contributed by atoms with Crippen molar-refractivity contribution >= 4 is 92.3 Å². The van der Waals surface area contributed by atoms with E-state index in [1.54, 1.807) is 42.6 Å². The predicted octanol–water partition coefficient (Wildman–Crippen LogP) is 18.4. The Hall–Kier alpha value is -7.91. The lowest BCUT2D eigenvalue weighted by Gasteiger charge is -2.41. The van der Waals surface area contributed by atoms with Gasteiger partial charge < -0.3 is 40.4 Å². The van der Waals surface area contributed by atoms with Gasteiger partial charge in [-0.05, 0) is 210 Å². The molecule has 0 bridgehead atoms. The summed E-state index contributed by atoms with van der Waals surface area (Å²) < 4.78 is 9.28. The van der Waals surface area contributed by atoms with E-state index in [1.165, 1.54) is 37.9 Å². The number of aryl methyl sites for hydroxylation is 3. The topological polar surface area (TPSA) is 245 Å². The molecule has 574 valence electrons. The number of hydrogen-bond acceptors (Lipinski definition) is 14. The number of aliphatic hydroxyl groups excluding tert-OH is 2. The number of aliphatic imine (C=N–C) groups is 1. The molecule has 2 fully saturated rings. The third-order valence-corrected chi connectivity index (χ3v) is 22.3. The van der Waals surface area contributed by atoms with Gasteiger partial charge >= 0.3 is 5.97 Å². The predicted molar refractivity (Wildman–Crippen MR) is 432 cm³/mol. The van der Waals surface area contributed by atoms with E-state index in [1.807, 2.05) is 58.0 Å². The maximum absolute atomic E-state index is 14.7. The van der Waals surface area contributed by atoms with Crippen molar-refractivity contribution in [3.05, 3.63) is 168 Å². The van der Waals surface area contributed by atoms with Crippen molar-refractivity contribution < 1.29 is 39.5 Å². The van der Waals surface area contributed by atoms with E-state index in [9.17, 15) is 34.3 Å².